The molecule has 120 valence electrons. The molecule has 2 aromatic carbocycles. The van der Waals surface area contributed by atoms with Crippen LogP contribution < -0.4 is 10.3 Å². The molecule has 0 radical (unpaired) electrons. The number of fused-ring (bicyclic) bond motifs is 2. The minimum absolute atomic E-state index is 0.00789. The summed E-state index contributed by atoms with van der Waals surface area (Å²) in [4.78, 5) is 26.4. The Balaban J connectivity index is 1.72. The molecule has 0 saturated carbocycles. The van der Waals surface area contributed by atoms with Crippen LogP contribution >= 0.6 is 0 Å². The van der Waals surface area contributed by atoms with Crippen molar-refractivity contribution in [2.45, 2.75) is 13.0 Å². The average molecular weight is 322 g/mol. The van der Waals surface area contributed by atoms with Gasteiger partial charge in [0.15, 0.2) is 5.43 Å². The number of amides is 1. The molecule has 0 N–H and O–H groups in total. The highest BCUT2D eigenvalue weighted by molar-refractivity contribution is 5.96. The average Bonchev–Trinajstić information content (AvgIpc) is 3.02. The summed E-state index contributed by atoms with van der Waals surface area (Å²) in [7, 11) is 0. The molecule has 24 heavy (non-hydrogen) atoms. The summed E-state index contributed by atoms with van der Waals surface area (Å²) in [5.74, 6) is -0.618. The zero-order valence-electron chi connectivity index (χ0n) is 12.9. The molecule has 0 spiro atoms. The van der Waals surface area contributed by atoms with Crippen LogP contribution in [0.15, 0.2) is 59.5 Å². The number of carbonyl (C=O) groups is 1. The molecule has 4 rings (SSSR count). The highest BCUT2D eigenvalue weighted by atomic mass is 19.1. The van der Waals surface area contributed by atoms with E-state index in [4.69, 9.17) is 0 Å². The number of anilines is 1. The minimum atomic E-state index is -0.500. The van der Waals surface area contributed by atoms with Crippen LogP contribution in [-0.4, -0.2) is 17.0 Å². The van der Waals surface area contributed by atoms with Crippen LogP contribution in [0.3, 0.4) is 0 Å². The molecule has 0 atom stereocenters. The van der Waals surface area contributed by atoms with E-state index in [1.807, 2.05) is 24.3 Å². The first-order chi connectivity index (χ1) is 11.6. The molecule has 0 saturated heterocycles. The van der Waals surface area contributed by atoms with Crippen LogP contribution in [0.2, 0.25) is 0 Å². The van der Waals surface area contributed by atoms with Gasteiger partial charge in [-0.1, -0.05) is 24.3 Å². The molecule has 1 aliphatic rings. The third kappa shape index (κ3) is 2.29. The van der Waals surface area contributed by atoms with Crippen molar-refractivity contribution >= 4 is 22.5 Å². The van der Waals surface area contributed by atoms with Crippen molar-refractivity contribution in [1.29, 1.82) is 0 Å². The van der Waals surface area contributed by atoms with Crippen LogP contribution in [0, 0.1) is 5.82 Å². The van der Waals surface area contributed by atoms with Crippen molar-refractivity contribution in [2.24, 2.45) is 0 Å². The maximum atomic E-state index is 14.2. The van der Waals surface area contributed by atoms with Gasteiger partial charge in [-0.25, -0.2) is 4.39 Å². The summed E-state index contributed by atoms with van der Waals surface area (Å²) in [6, 6.07) is 13.5. The predicted molar refractivity (Wildman–Crippen MR) is 90.7 cm³/mol. The fourth-order valence-corrected chi connectivity index (χ4v) is 3.29. The highest BCUT2D eigenvalue weighted by Crippen LogP contribution is 2.27. The molecule has 3 aromatic rings. The first-order valence-corrected chi connectivity index (χ1v) is 7.81. The lowest BCUT2D eigenvalue weighted by atomic mass is 10.2. The molecule has 0 unspecified atom stereocenters. The minimum Gasteiger partial charge on any atom is -0.335 e. The van der Waals surface area contributed by atoms with Gasteiger partial charge in [0.1, 0.15) is 12.4 Å². The first-order valence-electron chi connectivity index (χ1n) is 7.81. The van der Waals surface area contributed by atoms with Crippen LogP contribution in [-0.2, 0) is 17.8 Å². The lowest BCUT2D eigenvalue weighted by Crippen LogP contribution is -2.32. The normalized spacial score (nSPS) is 13.3. The number of rotatable bonds is 2. The molecule has 0 fully saturated rings. The smallest absolute Gasteiger partial charge is 0.246 e. The van der Waals surface area contributed by atoms with E-state index in [0.717, 1.165) is 17.7 Å². The van der Waals surface area contributed by atoms with E-state index in [2.05, 4.69) is 0 Å². The Kier molecular flexibility index (Phi) is 3.41. The van der Waals surface area contributed by atoms with E-state index in [9.17, 15) is 14.0 Å². The van der Waals surface area contributed by atoms with E-state index in [0.29, 0.717) is 6.54 Å². The van der Waals surface area contributed by atoms with Gasteiger partial charge < -0.3 is 9.47 Å². The Hall–Kier alpha value is -2.95. The van der Waals surface area contributed by atoms with Gasteiger partial charge in [-0.05, 0) is 30.2 Å². The van der Waals surface area contributed by atoms with Crippen LogP contribution in [0.1, 0.15) is 5.56 Å². The third-order valence-electron chi connectivity index (χ3n) is 4.44. The number of halogens is 1. The molecule has 1 aromatic heterocycles. The fourth-order valence-electron chi connectivity index (χ4n) is 3.29. The van der Waals surface area contributed by atoms with Gasteiger partial charge in [0.05, 0.1) is 5.52 Å². The second-order valence-corrected chi connectivity index (χ2v) is 5.87. The quantitative estimate of drug-likeness (QED) is 0.728. The second-order valence-electron chi connectivity index (χ2n) is 5.87. The van der Waals surface area contributed by atoms with Crippen molar-refractivity contribution in [3.05, 3.63) is 76.3 Å². The number of hydrogen-bond acceptors (Lipinski definition) is 2. The fraction of sp³-hybridized carbons (Fsp3) is 0.158. The summed E-state index contributed by atoms with van der Waals surface area (Å²) in [5.41, 5.74) is 1.97. The van der Waals surface area contributed by atoms with Crippen molar-refractivity contribution in [2.75, 3.05) is 11.4 Å². The Morgan fingerprint density at radius 2 is 1.92 bits per heavy atom. The van der Waals surface area contributed by atoms with Crippen LogP contribution in [0.5, 0.6) is 0 Å². The van der Waals surface area contributed by atoms with E-state index < -0.39 is 5.82 Å². The lowest BCUT2D eigenvalue weighted by molar-refractivity contribution is -0.119. The van der Waals surface area contributed by atoms with Crippen LogP contribution in [0.4, 0.5) is 10.1 Å². The third-order valence-corrected chi connectivity index (χ3v) is 4.44. The molecule has 1 aliphatic heterocycles. The SMILES string of the molecule is O=C(Cn1ccc(=O)c2cccc(F)c21)N1CCc2ccccc21. The predicted octanol–water partition coefficient (Wildman–Crippen LogP) is 2.73. The lowest BCUT2D eigenvalue weighted by Gasteiger charge is -2.19. The van der Waals surface area contributed by atoms with Gasteiger partial charge >= 0.3 is 0 Å². The largest absolute Gasteiger partial charge is 0.335 e. The van der Waals surface area contributed by atoms with Crippen molar-refractivity contribution in [3.63, 3.8) is 0 Å². The topological polar surface area (TPSA) is 42.3 Å². The Bertz CT molecular complexity index is 1010. The van der Waals surface area contributed by atoms with Gasteiger partial charge in [0.2, 0.25) is 5.91 Å². The molecule has 2 heterocycles. The van der Waals surface area contributed by atoms with E-state index in [1.165, 1.54) is 29.0 Å². The van der Waals surface area contributed by atoms with E-state index in [-0.39, 0.29) is 28.8 Å². The monoisotopic (exact) mass is 322 g/mol. The van der Waals surface area contributed by atoms with E-state index in [1.54, 1.807) is 11.0 Å². The summed E-state index contributed by atoms with van der Waals surface area (Å²) in [6.07, 6.45) is 2.30. The molecule has 0 aliphatic carbocycles. The van der Waals surface area contributed by atoms with Gasteiger partial charge in [0.25, 0.3) is 0 Å². The molecule has 1 amide bonds. The number of benzene rings is 2. The van der Waals surface area contributed by atoms with Gasteiger partial charge in [0, 0.05) is 29.9 Å². The number of para-hydroxylation sites is 2. The Labute approximate surface area is 137 Å². The number of nitrogens with zero attached hydrogens (tertiary/aromatic N) is 2. The zero-order valence-corrected chi connectivity index (χ0v) is 12.9. The maximum absolute atomic E-state index is 14.2. The Morgan fingerprint density at radius 1 is 1.08 bits per heavy atom. The highest BCUT2D eigenvalue weighted by Gasteiger charge is 2.24. The van der Waals surface area contributed by atoms with Crippen molar-refractivity contribution < 1.29 is 9.18 Å². The Morgan fingerprint density at radius 3 is 2.79 bits per heavy atom. The zero-order chi connectivity index (χ0) is 16.7. The molecule has 4 nitrogen and oxygen atoms in total. The molecule has 5 heteroatoms. The number of carbonyl (C=O) groups excluding carboxylic acids is 1. The first kappa shape index (κ1) is 14.6. The maximum Gasteiger partial charge on any atom is 0.246 e. The van der Waals surface area contributed by atoms with Gasteiger partial charge in [-0.15, -0.1) is 0 Å². The van der Waals surface area contributed by atoms with Gasteiger partial charge in [-0.3, -0.25) is 9.59 Å². The molecule has 0 bridgehead atoms. The van der Waals surface area contributed by atoms with Gasteiger partial charge in [-0.2, -0.15) is 0 Å². The number of aromatic nitrogens is 1. The summed E-state index contributed by atoms with van der Waals surface area (Å²) < 4.78 is 15.7. The molecular formula is C19H15FN2O2. The molecular weight excluding hydrogens is 307 g/mol. The van der Waals surface area contributed by atoms with Crippen molar-refractivity contribution in [1.82, 2.24) is 4.57 Å². The van der Waals surface area contributed by atoms with Crippen LogP contribution in [0.25, 0.3) is 10.9 Å². The standard InChI is InChI=1S/C19H15FN2O2/c20-15-6-3-5-14-17(23)9-10-21(19(14)15)12-18(24)22-11-8-13-4-1-2-7-16(13)22/h1-7,9-10H,8,11-12H2. The second kappa shape index (κ2) is 5.60. The summed E-state index contributed by atoms with van der Waals surface area (Å²) >= 11 is 0. The van der Waals surface area contributed by atoms with Crippen molar-refractivity contribution in [3.8, 4) is 0 Å². The number of hydrogen-bond donors (Lipinski definition) is 0. The van der Waals surface area contributed by atoms with E-state index >= 15 is 0 Å². The summed E-state index contributed by atoms with van der Waals surface area (Å²) in [6.45, 7) is 0.616. The number of pyridine rings is 1. The summed E-state index contributed by atoms with van der Waals surface area (Å²) in [5, 5.41) is 0.284.